The summed E-state index contributed by atoms with van der Waals surface area (Å²) in [5.74, 6) is 5.64. The highest BCUT2D eigenvalue weighted by Gasteiger charge is 2.44. The van der Waals surface area contributed by atoms with E-state index in [2.05, 4.69) is 285 Å². The van der Waals surface area contributed by atoms with Crippen molar-refractivity contribution < 1.29 is 35.9 Å². The minimum atomic E-state index is 0.122. The quantitative estimate of drug-likeness (QED) is 0.124. The predicted octanol–water partition coefficient (Wildman–Crippen LogP) is 11.3. The number of aryl methyl sites for hydroxylation is 8. The van der Waals surface area contributed by atoms with Crippen molar-refractivity contribution in [3.8, 4) is 0 Å². The van der Waals surface area contributed by atoms with Crippen LogP contribution < -0.4 is 60.0 Å². The number of hydrogen-bond donors (Lipinski definition) is 0. The first-order valence-electron chi connectivity index (χ1n) is 31.6. The number of benzene rings is 1. The van der Waals surface area contributed by atoms with E-state index in [-0.39, 0.29) is 27.4 Å². The number of aromatic nitrogens is 7. The topological polar surface area (TPSA) is 120 Å². The molecule has 0 unspecified atom stereocenters. The Kier molecular flexibility index (Phi) is 16.0. The third kappa shape index (κ3) is 10.8. The van der Waals surface area contributed by atoms with E-state index in [1.54, 1.807) is 18.6 Å². The number of nitrogens with zero attached hydrogens (tertiary/aromatic N) is 11. The molecule has 4 aliphatic rings. The molecule has 0 atom stereocenters. The molecule has 19 heteroatoms. The van der Waals surface area contributed by atoms with Crippen molar-refractivity contribution in [1.82, 2.24) is 15.0 Å². The summed E-state index contributed by atoms with van der Waals surface area (Å²) >= 11 is 0. The zero-order valence-corrected chi connectivity index (χ0v) is 55.6. The van der Waals surface area contributed by atoms with Crippen molar-refractivity contribution in [3.05, 3.63) is 220 Å². The zero-order valence-electron chi connectivity index (χ0n) is 55.6. The summed E-state index contributed by atoms with van der Waals surface area (Å²) in [5.41, 5.74) is 20.7. The summed E-state index contributed by atoms with van der Waals surface area (Å²) < 4.78 is 32.9. The molecule has 0 bridgehead atoms. The third-order valence-corrected chi connectivity index (χ3v) is 18.6. The normalized spacial score (nSPS) is 14.2. The number of anilines is 4. The number of furan rings is 4. The first-order chi connectivity index (χ1) is 44.3. The largest absolute Gasteiger partial charge is 0.457 e. The molecule has 0 saturated carbocycles. The van der Waals surface area contributed by atoms with Crippen molar-refractivity contribution in [2.45, 2.75) is 82.7 Å². The van der Waals surface area contributed by atoms with Crippen LogP contribution in [-0.2, 0) is 28.2 Å². The molecular weight excluding hydrogens is 1140 g/mol. The Morgan fingerprint density at radius 2 is 0.815 bits per heavy atom. The van der Waals surface area contributed by atoms with Gasteiger partial charge in [-0.1, -0.05) is 24.3 Å². The summed E-state index contributed by atoms with van der Waals surface area (Å²) in [6.07, 6.45) is 22.6. The Labute approximate surface area is 540 Å². The second kappa shape index (κ2) is 24.2. The van der Waals surface area contributed by atoms with Gasteiger partial charge >= 0.3 is 27.4 Å². The molecule has 12 aromatic rings. The van der Waals surface area contributed by atoms with Crippen LogP contribution in [-0.4, -0.2) is 42.3 Å². The first kappa shape index (κ1) is 60.7. The molecule has 16 rings (SSSR count). The maximum absolute atomic E-state index is 6.08. The van der Waals surface area contributed by atoms with E-state index in [1.807, 2.05) is 36.4 Å². The predicted molar refractivity (Wildman–Crippen MR) is 377 cm³/mol. The second-order valence-electron chi connectivity index (χ2n) is 25.0. The van der Waals surface area contributed by atoms with Gasteiger partial charge in [-0.2, -0.15) is 0 Å². The molecular formula is C73H77B4N11O4+4. The molecule has 0 fully saturated rings. The second-order valence-corrected chi connectivity index (χ2v) is 25.0. The minimum Gasteiger partial charge on any atom is -0.457 e. The third-order valence-electron chi connectivity index (χ3n) is 18.6. The van der Waals surface area contributed by atoms with Crippen LogP contribution in [0.5, 0.6) is 0 Å². The number of allylic oxidation sites excluding steroid dienone is 4. The number of hydrogen-bond acceptors (Lipinski definition) is 11. The number of fused-ring (bicyclic) bond motifs is 12. The van der Waals surface area contributed by atoms with Crippen LogP contribution in [0.4, 0.5) is 23.3 Å². The van der Waals surface area contributed by atoms with Crippen LogP contribution >= 0.6 is 0 Å². The standard InChI is InChI=1S/C20H22BN2O.2C18H19BN3O.C17H17BN3O/c1-13-10-19(22(5)12-14(13)2)23-15(3)11-18-20(21(23)4)16-8-6-7-9-17(16)24-18;1-12-7-8-16(21(4)11-12)22-13(2)10-15-14-6-5-9-20-18(14)23-17(15)19(22)3;1-12-7-9-21(4)16(10-12)22-13(2)11-15-14-6-5-8-20-18(14)23-17(15)19(22)3;1-12-11-14-13-7-6-9-19-17(13)22-16(14)18(2)21(12)15-8-4-5-10-20(15)3/h6-12H,1-5H3;2*5-11H,1-4H3;4-11H,1-3H3/q4*+1. The fourth-order valence-corrected chi connectivity index (χ4v) is 14.0. The highest BCUT2D eigenvalue weighted by molar-refractivity contribution is 6.80. The minimum absolute atomic E-state index is 0.122. The van der Waals surface area contributed by atoms with E-state index >= 15 is 0 Å². The zero-order chi connectivity index (χ0) is 64.5. The Balaban J connectivity index is 0.000000112. The maximum atomic E-state index is 6.08. The molecule has 15 nitrogen and oxygen atoms in total. The smallest absolute Gasteiger partial charge is 0.447 e. The van der Waals surface area contributed by atoms with Crippen LogP contribution in [0.25, 0.3) is 68.6 Å². The van der Waals surface area contributed by atoms with Crippen molar-refractivity contribution >= 4 is 142 Å². The van der Waals surface area contributed by atoms with Crippen LogP contribution in [0, 0.1) is 27.7 Å². The van der Waals surface area contributed by atoms with E-state index < -0.39 is 0 Å². The van der Waals surface area contributed by atoms with Gasteiger partial charge in [0.15, 0.2) is 0 Å². The van der Waals surface area contributed by atoms with E-state index in [4.69, 9.17) is 17.7 Å². The molecule has 11 aromatic heterocycles. The Morgan fingerprint density at radius 3 is 1.35 bits per heavy atom. The van der Waals surface area contributed by atoms with Crippen LogP contribution in [0.15, 0.2) is 193 Å². The summed E-state index contributed by atoms with van der Waals surface area (Å²) in [5, 5.41) is 4.46. The Hall–Kier alpha value is -10.2. The van der Waals surface area contributed by atoms with Crippen molar-refractivity contribution in [1.29, 1.82) is 0 Å². The number of rotatable bonds is 4. The molecule has 4 aliphatic heterocycles. The van der Waals surface area contributed by atoms with Gasteiger partial charge in [0.1, 0.15) is 28.3 Å². The van der Waals surface area contributed by atoms with Gasteiger partial charge in [-0.25, -0.2) is 33.2 Å². The van der Waals surface area contributed by atoms with Gasteiger partial charge in [-0.15, -0.1) is 0 Å². The van der Waals surface area contributed by atoms with E-state index in [9.17, 15) is 0 Å². The lowest BCUT2D eigenvalue weighted by atomic mass is 9.53. The van der Waals surface area contributed by atoms with Gasteiger partial charge in [-0.3, -0.25) is 19.2 Å². The fourth-order valence-electron chi connectivity index (χ4n) is 14.0. The van der Waals surface area contributed by atoms with E-state index in [0.717, 1.165) is 78.6 Å². The van der Waals surface area contributed by atoms with Crippen LogP contribution in [0.3, 0.4) is 0 Å². The van der Waals surface area contributed by atoms with Gasteiger partial charge in [0.2, 0.25) is 17.1 Å². The molecule has 1 aromatic carbocycles. The van der Waals surface area contributed by atoms with E-state index in [0.29, 0.717) is 17.1 Å². The average Bonchev–Trinajstić information content (AvgIpc) is 1.59. The molecule has 0 radical (unpaired) electrons. The van der Waals surface area contributed by atoms with Crippen molar-refractivity contribution in [2.75, 3.05) is 19.2 Å². The summed E-state index contributed by atoms with van der Waals surface area (Å²) in [4.78, 5) is 22.4. The van der Waals surface area contributed by atoms with Gasteiger partial charge in [-0.05, 0) is 184 Å². The van der Waals surface area contributed by atoms with Gasteiger partial charge in [0, 0.05) is 92.6 Å². The number of pyridine rings is 7. The Bertz CT molecular complexity index is 5020. The lowest BCUT2D eigenvalue weighted by Gasteiger charge is -2.27. The van der Waals surface area contributed by atoms with Gasteiger partial charge < -0.3 is 17.7 Å². The SMILES string of the molecule is CB1c2c(oc3ccccc23)C=C(C)N1c1cc(C)c(C)c[n+]1C.CB1c2oc3ncccc3c2C=C(C)N1c1cc(C)cc[n+]1C.CB1c2oc3ncccc3c2C=C(C)N1c1ccc(C)c[n+]1C.CB1c2oc3ncccc3c2C=C(C)N1c1cccc[n+]1C. The summed E-state index contributed by atoms with van der Waals surface area (Å²) in [7, 11) is 8.33. The maximum Gasteiger partial charge on any atom is 0.447 e. The Morgan fingerprint density at radius 1 is 0.370 bits per heavy atom. The molecule has 456 valence electrons. The molecule has 92 heavy (non-hydrogen) atoms. The summed E-state index contributed by atoms with van der Waals surface area (Å²) in [6.45, 7) is 26.5. The lowest BCUT2D eigenvalue weighted by Crippen LogP contribution is -2.52. The summed E-state index contributed by atoms with van der Waals surface area (Å²) in [6, 6.07) is 37.5. The van der Waals surface area contributed by atoms with Crippen molar-refractivity contribution in [2.24, 2.45) is 28.2 Å². The van der Waals surface area contributed by atoms with Gasteiger partial charge in [0.25, 0.3) is 23.3 Å². The van der Waals surface area contributed by atoms with E-state index in [1.165, 1.54) is 61.7 Å². The molecule has 0 saturated heterocycles. The molecule has 0 N–H and O–H groups in total. The molecule has 15 heterocycles. The van der Waals surface area contributed by atoms with Gasteiger partial charge in [0.05, 0.1) is 75.8 Å². The molecule has 0 amide bonds. The van der Waals surface area contributed by atoms with Crippen molar-refractivity contribution in [3.63, 3.8) is 0 Å². The highest BCUT2D eigenvalue weighted by Crippen LogP contribution is 2.34. The number of para-hydroxylation sites is 1. The fraction of sp³-hybridized carbons (Fsp3) is 0.219. The van der Waals surface area contributed by atoms with Crippen LogP contribution in [0.1, 0.15) is 72.4 Å². The van der Waals surface area contributed by atoms with Crippen LogP contribution in [0.2, 0.25) is 27.3 Å². The monoisotopic (exact) mass is 1220 g/mol. The highest BCUT2D eigenvalue weighted by atomic mass is 16.4. The average molecular weight is 1220 g/mol. The first-order valence-corrected chi connectivity index (χ1v) is 31.6. The molecule has 0 spiro atoms. The molecule has 0 aliphatic carbocycles. The lowest BCUT2D eigenvalue weighted by molar-refractivity contribution is -0.658.